The summed E-state index contributed by atoms with van der Waals surface area (Å²) in [6.45, 7) is 8.67. The van der Waals surface area contributed by atoms with Crippen LogP contribution >= 0.6 is 23.2 Å². The highest BCUT2D eigenvalue weighted by atomic mass is 35.5. The van der Waals surface area contributed by atoms with Gasteiger partial charge in [-0.2, -0.15) is 0 Å². The number of halogens is 2. The van der Waals surface area contributed by atoms with E-state index in [1.165, 1.54) is 0 Å². The minimum Gasteiger partial charge on any atom is -0.492 e. The number of nitrogens with one attached hydrogen (secondary N) is 1. The predicted molar refractivity (Wildman–Crippen MR) is 78.8 cm³/mol. The van der Waals surface area contributed by atoms with Crippen LogP contribution in [-0.2, 0) is 6.54 Å². The van der Waals surface area contributed by atoms with Crippen LogP contribution in [0.1, 0.15) is 32.8 Å². The SMILES string of the molecule is CCOc1c(Cl)cc(Cl)cc1CNCCC(C)C. The van der Waals surface area contributed by atoms with E-state index in [0.717, 1.165) is 30.8 Å². The normalized spacial score (nSPS) is 11.0. The zero-order valence-electron chi connectivity index (χ0n) is 11.2. The Bertz CT molecular complexity index is 380. The first-order chi connectivity index (χ1) is 8.54. The third-order valence-electron chi connectivity index (χ3n) is 2.59. The second kappa shape index (κ2) is 7.88. The lowest BCUT2D eigenvalue weighted by Gasteiger charge is -2.14. The van der Waals surface area contributed by atoms with Gasteiger partial charge in [-0.25, -0.2) is 0 Å². The van der Waals surface area contributed by atoms with Crippen LogP contribution in [0, 0.1) is 5.92 Å². The van der Waals surface area contributed by atoms with Crippen LogP contribution < -0.4 is 10.1 Å². The van der Waals surface area contributed by atoms with Crippen LogP contribution in [0.25, 0.3) is 0 Å². The van der Waals surface area contributed by atoms with Crippen LogP contribution in [0.4, 0.5) is 0 Å². The molecule has 0 unspecified atom stereocenters. The third-order valence-corrected chi connectivity index (χ3v) is 3.09. The molecule has 1 aromatic rings. The van der Waals surface area contributed by atoms with E-state index in [4.69, 9.17) is 27.9 Å². The van der Waals surface area contributed by atoms with E-state index in [2.05, 4.69) is 19.2 Å². The first-order valence-electron chi connectivity index (χ1n) is 6.36. The number of hydrogen-bond acceptors (Lipinski definition) is 2. The molecule has 0 heterocycles. The second-order valence-electron chi connectivity index (χ2n) is 4.67. The molecule has 4 heteroatoms. The Morgan fingerprint density at radius 1 is 1.28 bits per heavy atom. The Morgan fingerprint density at radius 2 is 2.00 bits per heavy atom. The van der Waals surface area contributed by atoms with Gasteiger partial charge in [0.2, 0.25) is 0 Å². The Morgan fingerprint density at radius 3 is 2.61 bits per heavy atom. The molecule has 0 aliphatic heterocycles. The van der Waals surface area contributed by atoms with Crippen LogP contribution in [0.5, 0.6) is 5.75 Å². The van der Waals surface area contributed by atoms with E-state index < -0.39 is 0 Å². The largest absolute Gasteiger partial charge is 0.492 e. The molecule has 0 spiro atoms. The highest BCUT2D eigenvalue weighted by Crippen LogP contribution is 2.32. The van der Waals surface area contributed by atoms with E-state index in [1.54, 1.807) is 6.07 Å². The molecule has 18 heavy (non-hydrogen) atoms. The second-order valence-corrected chi connectivity index (χ2v) is 5.51. The fraction of sp³-hybridized carbons (Fsp3) is 0.571. The highest BCUT2D eigenvalue weighted by molar-refractivity contribution is 6.35. The summed E-state index contributed by atoms with van der Waals surface area (Å²) in [6.07, 6.45) is 1.15. The van der Waals surface area contributed by atoms with Crippen LogP contribution in [0.3, 0.4) is 0 Å². The lowest BCUT2D eigenvalue weighted by molar-refractivity contribution is 0.335. The minimum absolute atomic E-state index is 0.574. The summed E-state index contributed by atoms with van der Waals surface area (Å²) in [5.74, 6) is 1.44. The van der Waals surface area contributed by atoms with E-state index in [-0.39, 0.29) is 0 Å². The number of ether oxygens (including phenoxy) is 1. The molecule has 0 saturated heterocycles. The van der Waals surface area contributed by atoms with Crippen LogP contribution in [0.2, 0.25) is 10.0 Å². The molecule has 0 aromatic heterocycles. The first kappa shape index (κ1) is 15.6. The molecular formula is C14H21Cl2NO. The van der Waals surface area contributed by atoms with Gasteiger partial charge in [-0.3, -0.25) is 0 Å². The Kier molecular flexibility index (Phi) is 6.83. The van der Waals surface area contributed by atoms with Gasteiger partial charge in [-0.05, 0) is 37.9 Å². The maximum atomic E-state index is 6.14. The van der Waals surface area contributed by atoms with Gasteiger partial charge in [0.1, 0.15) is 5.75 Å². The molecule has 0 fully saturated rings. The number of hydrogen-bond donors (Lipinski definition) is 1. The summed E-state index contributed by atoms with van der Waals surface area (Å²) in [5.41, 5.74) is 1.01. The van der Waals surface area contributed by atoms with Crippen molar-refractivity contribution in [1.29, 1.82) is 0 Å². The molecule has 0 aliphatic rings. The van der Waals surface area contributed by atoms with Gasteiger partial charge in [0, 0.05) is 17.1 Å². The van der Waals surface area contributed by atoms with Crippen molar-refractivity contribution in [1.82, 2.24) is 5.32 Å². The van der Waals surface area contributed by atoms with Gasteiger partial charge in [-0.15, -0.1) is 0 Å². The Labute approximate surface area is 120 Å². The quantitative estimate of drug-likeness (QED) is 0.745. The average Bonchev–Trinajstić information content (AvgIpc) is 2.28. The minimum atomic E-state index is 0.574. The Hall–Kier alpha value is -0.440. The zero-order valence-corrected chi connectivity index (χ0v) is 12.7. The molecule has 1 aromatic carbocycles. The van der Waals surface area contributed by atoms with Crippen molar-refractivity contribution in [2.24, 2.45) is 5.92 Å². The molecule has 0 bridgehead atoms. The molecule has 1 rings (SSSR count). The van der Waals surface area contributed by atoms with Gasteiger partial charge >= 0.3 is 0 Å². The van der Waals surface area contributed by atoms with Crippen molar-refractivity contribution in [2.75, 3.05) is 13.2 Å². The number of rotatable bonds is 7. The summed E-state index contributed by atoms with van der Waals surface area (Å²) >= 11 is 12.2. The summed E-state index contributed by atoms with van der Waals surface area (Å²) in [7, 11) is 0. The van der Waals surface area contributed by atoms with Gasteiger partial charge in [-0.1, -0.05) is 37.0 Å². The Balaban J connectivity index is 2.67. The molecule has 102 valence electrons. The molecule has 0 amide bonds. The lowest BCUT2D eigenvalue weighted by atomic mass is 10.1. The van der Waals surface area contributed by atoms with Crippen molar-refractivity contribution in [3.63, 3.8) is 0 Å². The molecule has 0 atom stereocenters. The molecule has 2 nitrogen and oxygen atoms in total. The third kappa shape index (κ3) is 5.05. The van der Waals surface area contributed by atoms with Crippen molar-refractivity contribution in [3.8, 4) is 5.75 Å². The monoisotopic (exact) mass is 289 g/mol. The zero-order chi connectivity index (χ0) is 13.5. The van der Waals surface area contributed by atoms with E-state index >= 15 is 0 Å². The van der Waals surface area contributed by atoms with Gasteiger partial charge in [0.15, 0.2) is 0 Å². The standard InChI is InChI=1S/C14H21Cl2NO/c1-4-18-14-11(7-12(15)8-13(14)16)9-17-6-5-10(2)3/h7-8,10,17H,4-6,9H2,1-3H3. The van der Waals surface area contributed by atoms with Gasteiger partial charge < -0.3 is 10.1 Å². The smallest absolute Gasteiger partial charge is 0.142 e. The average molecular weight is 290 g/mol. The molecular weight excluding hydrogens is 269 g/mol. The highest BCUT2D eigenvalue weighted by Gasteiger charge is 2.10. The van der Waals surface area contributed by atoms with Crippen LogP contribution in [-0.4, -0.2) is 13.2 Å². The summed E-state index contributed by atoms with van der Waals surface area (Å²) in [6, 6.07) is 3.62. The van der Waals surface area contributed by atoms with Crippen molar-refractivity contribution < 1.29 is 4.74 Å². The summed E-state index contributed by atoms with van der Waals surface area (Å²) < 4.78 is 5.57. The van der Waals surface area contributed by atoms with Crippen molar-refractivity contribution in [2.45, 2.75) is 33.7 Å². The molecule has 0 aliphatic carbocycles. The predicted octanol–water partition coefficient (Wildman–Crippen LogP) is 4.53. The van der Waals surface area contributed by atoms with Gasteiger partial charge in [0.25, 0.3) is 0 Å². The lowest BCUT2D eigenvalue weighted by Crippen LogP contribution is -2.17. The number of benzene rings is 1. The summed E-state index contributed by atoms with van der Waals surface area (Å²) in [5, 5.41) is 4.61. The van der Waals surface area contributed by atoms with Crippen molar-refractivity contribution >= 4 is 23.2 Å². The van der Waals surface area contributed by atoms with Crippen molar-refractivity contribution in [3.05, 3.63) is 27.7 Å². The molecule has 1 N–H and O–H groups in total. The van der Waals surface area contributed by atoms with E-state index in [9.17, 15) is 0 Å². The maximum Gasteiger partial charge on any atom is 0.142 e. The fourth-order valence-electron chi connectivity index (χ4n) is 1.66. The topological polar surface area (TPSA) is 21.3 Å². The maximum absolute atomic E-state index is 6.14. The van der Waals surface area contributed by atoms with Crippen LogP contribution in [0.15, 0.2) is 12.1 Å². The fourth-order valence-corrected chi connectivity index (χ4v) is 2.25. The van der Waals surface area contributed by atoms with E-state index in [1.807, 2.05) is 13.0 Å². The first-order valence-corrected chi connectivity index (χ1v) is 7.11. The molecule has 0 saturated carbocycles. The molecule has 0 radical (unpaired) electrons. The van der Waals surface area contributed by atoms with Gasteiger partial charge in [0.05, 0.1) is 11.6 Å². The summed E-state index contributed by atoms with van der Waals surface area (Å²) in [4.78, 5) is 0. The van der Waals surface area contributed by atoms with E-state index in [0.29, 0.717) is 22.6 Å².